The molecule has 0 radical (unpaired) electrons. The van der Waals surface area contributed by atoms with Gasteiger partial charge in [-0.3, -0.25) is 9.59 Å². The third-order valence-electron chi connectivity index (χ3n) is 6.15. The van der Waals surface area contributed by atoms with E-state index in [0.717, 1.165) is 9.86 Å². The van der Waals surface area contributed by atoms with Gasteiger partial charge in [0.05, 0.1) is 17.1 Å². The van der Waals surface area contributed by atoms with Gasteiger partial charge >= 0.3 is 0 Å². The maximum Gasteiger partial charge on any atom is 0.282 e. The Morgan fingerprint density at radius 3 is 2.68 bits per heavy atom. The van der Waals surface area contributed by atoms with E-state index in [-0.39, 0.29) is 23.9 Å². The number of para-hydroxylation sites is 2. The molecular formula is C31H20BrClN4O4. The third kappa shape index (κ3) is 5.77. The van der Waals surface area contributed by atoms with Crippen LogP contribution in [0.15, 0.2) is 116 Å². The van der Waals surface area contributed by atoms with Crippen LogP contribution < -0.4 is 15.6 Å². The van der Waals surface area contributed by atoms with E-state index in [1.807, 2.05) is 24.3 Å². The first-order chi connectivity index (χ1) is 19.9. The number of carbonyl (C=O) groups excluding carboxylic acids is 1. The first-order valence-corrected chi connectivity index (χ1v) is 13.6. The SMILES string of the molecule is O=C(COc1ccc(Br)cc1C=Nn1c(-c2cc3cc(Cl)ccc3o2)nc2ccccc2c1=O)Nc1ccccc1. The summed E-state index contributed by atoms with van der Waals surface area (Å²) in [4.78, 5) is 30.8. The molecule has 4 aromatic carbocycles. The van der Waals surface area contributed by atoms with Crippen LogP contribution in [0.3, 0.4) is 0 Å². The third-order valence-corrected chi connectivity index (χ3v) is 6.88. The normalized spacial score (nSPS) is 11.4. The second-order valence-corrected chi connectivity index (χ2v) is 10.3. The standard InChI is InChI=1S/C31H20BrClN4O4/c32-21-10-12-26(40-18-29(38)35-23-6-2-1-3-7-23)20(14-21)17-34-37-30(36-25-9-5-4-8-24(25)31(37)39)28-16-19-15-22(33)11-13-27(19)41-28/h1-17H,18H2,(H,35,38). The number of carbonyl (C=O) groups is 1. The number of nitrogens with zero attached hydrogens (tertiary/aromatic N) is 3. The molecular weight excluding hydrogens is 608 g/mol. The maximum absolute atomic E-state index is 13.6. The molecule has 202 valence electrons. The van der Waals surface area contributed by atoms with Gasteiger partial charge in [-0.15, -0.1) is 0 Å². The number of aromatic nitrogens is 2. The molecule has 6 rings (SSSR count). The van der Waals surface area contributed by atoms with Crippen LogP contribution in [0.4, 0.5) is 5.69 Å². The van der Waals surface area contributed by atoms with Gasteiger partial charge in [-0.1, -0.05) is 57.9 Å². The van der Waals surface area contributed by atoms with Gasteiger partial charge in [0.1, 0.15) is 11.3 Å². The van der Waals surface area contributed by atoms with Crippen molar-refractivity contribution in [2.45, 2.75) is 0 Å². The summed E-state index contributed by atoms with van der Waals surface area (Å²) in [6.45, 7) is -0.221. The number of nitrogens with one attached hydrogen (secondary N) is 1. The number of hydrogen-bond donors (Lipinski definition) is 1. The molecule has 0 saturated carbocycles. The Bertz CT molecular complexity index is 2000. The molecule has 0 aliphatic heterocycles. The van der Waals surface area contributed by atoms with Crippen LogP contribution in [-0.4, -0.2) is 28.4 Å². The van der Waals surface area contributed by atoms with E-state index in [4.69, 9.17) is 25.7 Å². The van der Waals surface area contributed by atoms with Gasteiger partial charge in [0.15, 0.2) is 12.4 Å². The highest BCUT2D eigenvalue weighted by atomic mass is 79.9. The zero-order chi connectivity index (χ0) is 28.3. The average molecular weight is 628 g/mol. The molecule has 0 aliphatic rings. The highest BCUT2D eigenvalue weighted by Gasteiger charge is 2.17. The number of furan rings is 1. The molecule has 41 heavy (non-hydrogen) atoms. The molecule has 1 amide bonds. The van der Waals surface area contributed by atoms with Crippen molar-refractivity contribution >= 4 is 67.2 Å². The Morgan fingerprint density at radius 2 is 1.83 bits per heavy atom. The Kier molecular flexibility index (Phi) is 7.37. The van der Waals surface area contributed by atoms with Crippen molar-refractivity contribution in [2.75, 3.05) is 11.9 Å². The minimum Gasteiger partial charge on any atom is -0.483 e. The Labute approximate surface area is 247 Å². The molecule has 1 N–H and O–H groups in total. The number of halogens is 2. The van der Waals surface area contributed by atoms with Gasteiger partial charge in [0, 0.05) is 26.1 Å². The fourth-order valence-electron chi connectivity index (χ4n) is 4.25. The molecule has 0 unspecified atom stereocenters. The summed E-state index contributed by atoms with van der Waals surface area (Å²) in [5, 5.41) is 9.03. The average Bonchev–Trinajstić information content (AvgIpc) is 3.40. The Morgan fingerprint density at radius 1 is 1.02 bits per heavy atom. The van der Waals surface area contributed by atoms with Crippen LogP contribution in [0, 0.1) is 0 Å². The zero-order valence-electron chi connectivity index (χ0n) is 21.3. The summed E-state index contributed by atoms with van der Waals surface area (Å²) < 4.78 is 13.8. The summed E-state index contributed by atoms with van der Waals surface area (Å²) in [5.74, 6) is 0.661. The molecule has 0 bridgehead atoms. The maximum atomic E-state index is 13.6. The van der Waals surface area contributed by atoms with Crippen LogP contribution in [0.2, 0.25) is 5.02 Å². The monoisotopic (exact) mass is 626 g/mol. The van der Waals surface area contributed by atoms with Crippen molar-refractivity contribution in [3.05, 3.63) is 122 Å². The number of ether oxygens (including phenoxy) is 1. The molecule has 6 aromatic rings. The summed E-state index contributed by atoms with van der Waals surface area (Å²) in [5.41, 5.74) is 1.93. The quantitative estimate of drug-likeness (QED) is 0.190. The predicted octanol–water partition coefficient (Wildman–Crippen LogP) is 7.13. The topological polar surface area (TPSA) is 98.7 Å². The number of hydrogen-bond acceptors (Lipinski definition) is 6. The fourth-order valence-corrected chi connectivity index (χ4v) is 4.81. The lowest BCUT2D eigenvalue weighted by Gasteiger charge is -2.11. The number of rotatable bonds is 7. The van der Waals surface area contributed by atoms with E-state index in [9.17, 15) is 9.59 Å². The van der Waals surface area contributed by atoms with E-state index in [2.05, 4.69) is 26.3 Å². The largest absolute Gasteiger partial charge is 0.483 e. The molecule has 0 fully saturated rings. The van der Waals surface area contributed by atoms with Gasteiger partial charge < -0.3 is 14.5 Å². The molecule has 0 saturated heterocycles. The van der Waals surface area contributed by atoms with E-state index in [0.29, 0.717) is 44.3 Å². The number of benzene rings is 4. The molecule has 2 heterocycles. The van der Waals surface area contributed by atoms with Gasteiger partial charge in [0.2, 0.25) is 5.82 Å². The molecule has 0 spiro atoms. The summed E-state index contributed by atoms with van der Waals surface area (Å²) in [6.07, 6.45) is 1.48. The fraction of sp³-hybridized carbons (Fsp3) is 0.0323. The van der Waals surface area contributed by atoms with Crippen molar-refractivity contribution in [2.24, 2.45) is 5.10 Å². The summed E-state index contributed by atoms with van der Waals surface area (Å²) >= 11 is 9.63. The second-order valence-electron chi connectivity index (χ2n) is 8.99. The van der Waals surface area contributed by atoms with Crippen LogP contribution in [0.5, 0.6) is 5.75 Å². The van der Waals surface area contributed by atoms with E-state index >= 15 is 0 Å². The molecule has 0 atom stereocenters. The lowest BCUT2D eigenvalue weighted by Crippen LogP contribution is -2.21. The summed E-state index contributed by atoms with van der Waals surface area (Å²) in [6, 6.07) is 28.4. The Hall–Kier alpha value is -4.73. The first-order valence-electron chi connectivity index (χ1n) is 12.5. The molecule has 8 nitrogen and oxygen atoms in total. The lowest BCUT2D eigenvalue weighted by molar-refractivity contribution is -0.118. The van der Waals surface area contributed by atoms with Gasteiger partial charge in [0.25, 0.3) is 11.5 Å². The van der Waals surface area contributed by atoms with E-state index in [1.54, 1.807) is 72.8 Å². The van der Waals surface area contributed by atoms with Crippen LogP contribution in [-0.2, 0) is 4.79 Å². The van der Waals surface area contributed by atoms with Gasteiger partial charge in [-0.25, -0.2) is 4.98 Å². The number of anilines is 1. The van der Waals surface area contributed by atoms with E-state index < -0.39 is 0 Å². The van der Waals surface area contributed by atoms with Crippen molar-refractivity contribution in [3.8, 4) is 17.3 Å². The first kappa shape index (κ1) is 26.5. The molecule has 0 aliphatic carbocycles. The van der Waals surface area contributed by atoms with Gasteiger partial charge in [-0.2, -0.15) is 9.78 Å². The van der Waals surface area contributed by atoms with Crippen LogP contribution >= 0.6 is 27.5 Å². The second kappa shape index (κ2) is 11.4. The van der Waals surface area contributed by atoms with Crippen molar-refractivity contribution in [1.82, 2.24) is 9.66 Å². The zero-order valence-corrected chi connectivity index (χ0v) is 23.6. The lowest BCUT2D eigenvalue weighted by atomic mass is 10.2. The van der Waals surface area contributed by atoms with Crippen molar-refractivity contribution < 1.29 is 13.9 Å². The van der Waals surface area contributed by atoms with Crippen LogP contribution in [0.1, 0.15) is 5.56 Å². The number of fused-ring (bicyclic) bond motifs is 2. The molecule has 2 aromatic heterocycles. The predicted molar refractivity (Wildman–Crippen MR) is 164 cm³/mol. The van der Waals surface area contributed by atoms with E-state index in [1.165, 1.54) is 10.9 Å². The minimum atomic E-state index is -0.375. The highest BCUT2D eigenvalue weighted by Crippen LogP contribution is 2.29. The summed E-state index contributed by atoms with van der Waals surface area (Å²) in [7, 11) is 0. The number of amides is 1. The minimum absolute atomic E-state index is 0.219. The highest BCUT2D eigenvalue weighted by molar-refractivity contribution is 9.10. The smallest absolute Gasteiger partial charge is 0.282 e. The Balaban J connectivity index is 1.37. The van der Waals surface area contributed by atoms with Crippen LogP contribution in [0.25, 0.3) is 33.5 Å². The van der Waals surface area contributed by atoms with Crippen molar-refractivity contribution in [1.29, 1.82) is 0 Å². The van der Waals surface area contributed by atoms with Crippen molar-refractivity contribution in [3.63, 3.8) is 0 Å². The molecule has 10 heteroatoms. The van der Waals surface area contributed by atoms with Gasteiger partial charge in [-0.05, 0) is 66.7 Å².